The van der Waals surface area contributed by atoms with E-state index in [2.05, 4.69) is 4.90 Å². The van der Waals surface area contributed by atoms with Gasteiger partial charge in [-0.15, -0.1) is 0 Å². The maximum atomic E-state index is 15.7. The molecule has 1 aliphatic carbocycles. The first-order chi connectivity index (χ1) is 17.9. The van der Waals surface area contributed by atoms with Crippen LogP contribution < -0.4 is 4.74 Å². The van der Waals surface area contributed by atoms with E-state index >= 15 is 4.39 Å². The average Bonchev–Trinajstić information content (AvgIpc) is 3.20. The van der Waals surface area contributed by atoms with Crippen LogP contribution in [0.25, 0.3) is 5.57 Å². The molecule has 10 heteroatoms. The molecule has 0 amide bonds. The van der Waals surface area contributed by atoms with Crippen molar-refractivity contribution in [3.63, 3.8) is 0 Å². The van der Waals surface area contributed by atoms with E-state index in [1.807, 2.05) is 6.92 Å². The number of carbonyl (C=O) groups excluding carboxylic acids is 1. The Labute approximate surface area is 222 Å². The maximum absolute atomic E-state index is 15.7. The molecule has 7 nitrogen and oxygen atoms in total. The number of hydrogen-bond acceptors (Lipinski definition) is 7. The Kier molecular flexibility index (Phi) is 8.25. The normalized spacial score (nSPS) is 20.2. The van der Waals surface area contributed by atoms with Gasteiger partial charge >= 0.3 is 5.97 Å². The Morgan fingerprint density at radius 2 is 1.92 bits per heavy atom. The predicted molar refractivity (Wildman–Crippen MR) is 139 cm³/mol. The van der Waals surface area contributed by atoms with Crippen LogP contribution in [0.4, 0.5) is 8.78 Å². The van der Waals surface area contributed by atoms with Crippen molar-refractivity contribution in [3.8, 4) is 5.75 Å². The Morgan fingerprint density at radius 3 is 2.61 bits per heavy atom. The summed E-state index contributed by atoms with van der Waals surface area (Å²) in [6.45, 7) is 5.68. The summed E-state index contributed by atoms with van der Waals surface area (Å²) < 4.78 is 68.0. The standard InChI is InChI=1S/C28H33F2NO6S/c1-16(28(32)35-4)15-31-17(2)12-22-21-14-20(29)7-6-19(21)13-23(22)27(31)26-18(3)25(9-8-24(26)30)36-10-11-37-38(5,33)34/h6-9,14,16-17,27H,10-13,15H2,1-5H3/t16-,17-,27+/m1/s1. The van der Waals surface area contributed by atoms with Crippen LogP contribution in [0, 0.1) is 24.5 Å². The molecule has 0 saturated heterocycles. The molecule has 0 bridgehead atoms. The quantitative estimate of drug-likeness (QED) is 0.257. The van der Waals surface area contributed by atoms with E-state index in [1.165, 1.54) is 25.3 Å². The highest BCUT2D eigenvalue weighted by atomic mass is 32.2. The van der Waals surface area contributed by atoms with E-state index in [0.717, 1.165) is 28.5 Å². The monoisotopic (exact) mass is 549 g/mol. The van der Waals surface area contributed by atoms with Crippen molar-refractivity contribution in [2.75, 3.05) is 33.1 Å². The molecule has 2 aliphatic rings. The molecule has 2 aromatic rings. The molecule has 206 valence electrons. The fourth-order valence-electron chi connectivity index (χ4n) is 5.56. The van der Waals surface area contributed by atoms with Crippen molar-refractivity contribution in [2.24, 2.45) is 5.92 Å². The number of esters is 1. The Hall–Kier alpha value is -2.82. The second-order valence-electron chi connectivity index (χ2n) is 10.0. The van der Waals surface area contributed by atoms with E-state index in [-0.39, 0.29) is 31.0 Å². The lowest BCUT2D eigenvalue weighted by Gasteiger charge is -2.43. The second kappa shape index (κ2) is 11.1. The first-order valence-electron chi connectivity index (χ1n) is 12.5. The fourth-order valence-corrected chi connectivity index (χ4v) is 5.93. The topological polar surface area (TPSA) is 82.1 Å². The van der Waals surface area contributed by atoms with Crippen LogP contribution >= 0.6 is 0 Å². The van der Waals surface area contributed by atoms with E-state index < -0.39 is 27.9 Å². The molecule has 0 fully saturated rings. The minimum absolute atomic E-state index is 0.0399. The van der Waals surface area contributed by atoms with Gasteiger partial charge in [-0.1, -0.05) is 13.0 Å². The van der Waals surface area contributed by atoms with Gasteiger partial charge in [0.15, 0.2) is 0 Å². The van der Waals surface area contributed by atoms with Crippen molar-refractivity contribution in [3.05, 3.63) is 69.8 Å². The lowest BCUT2D eigenvalue weighted by Crippen LogP contribution is -2.45. The van der Waals surface area contributed by atoms with E-state index in [0.29, 0.717) is 36.3 Å². The summed E-state index contributed by atoms with van der Waals surface area (Å²) in [6.07, 6.45) is 2.13. The van der Waals surface area contributed by atoms with Crippen LogP contribution in [0.3, 0.4) is 0 Å². The van der Waals surface area contributed by atoms with E-state index in [4.69, 9.17) is 13.7 Å². The van der Waals surface area contributed by atoms with Gasteiger partial charge in [-0.25, -0.2) is 8.78 Å². The predicted octanol–water partition coefficient (Wildman–Crippen LogP) is 4.58. The number of methoxy groups -OCH3 is 1. The number of ether oxygens (including phenoxy) is 2. The van der Waals surface area contributed by atoms with Crippen LogP contribution in [-0.2, 0) is 30.3 Å². The third-order valence-electron chi connectivity index (χ3n) is 7.30. The number of benzene rings is 2. The van der Waals surface area contributed by atoms with Gasteiger partial charge in [0.25, 0.3) is 10.1 Å². The summed E-state index contributed by atoms with van der Waals surface area (Å²) in [5, 5.41) is 0. The fraction of sp³-hybridized carbons (Fsp3) is 0.464. The van der Waals surface area contributed by atoms with Crippen molar-refractivity contribution >= 4 is 21.7 Å². The van der Waals surface area contributed by atoms with Gasteiger partial charge < -0.3 is 9.47 Å². The van der Waals surface area contributed by atoms with Crippen LogP contribution in [0.2, 0.25) is 0 Å². The molecule has 3 atom stereocenters. The minimum Gasteiger partial charge on any atom is -0.491 e. The number of carbonyl (C=O) groups is 1. The van der Waals surface area contributed by atoms with Crippen LogP contribution in [-0.4, -0.2) is 58.5 Å². The first kappa shape index (κ1) is 28.2. The summed E-state index contributed by atoms with van der Waals surface area (Å²) in [5.41, 5.74) is 4.79. The van der Waals surface area contributed by atoms with Gasteiger partial charge in [-0.2, -0.15) is 8.42 Å². The zero-order valence-electron chi connectivity index (χ0n) is 22.2. The van der Waals surface area contributed by atoms with Gasteiger partial charge in [0.05, 0.1) is 25.3 Å². The summed E-state index contributed by atoms with van der Waals surface area (Å²) in [6, 6.07) is 6.99. The number of hydrogen-bond donors (Lipinski definition) is 0. The van der Waals surface area contributed by atoms with Gasteiger partial charge in [0.1, 0.15) is 30.6 Å². The van der Waals surface area contributed by atoms with Crippen molar-refractivity contribution in [1.29, 1.82) is 0 Å². The highest BCUT2D eigenvalue weighted by Crippen LogP contribution is 2.50. The zero-order chi connectivity index (χ0) is 27.8. The molecule has 2 aromatic carbocycles. The van der Waals surface area contributed by atoms with Gasteiger partial charge in [0.2, 0.25) is 0 Å². The molecule has 0 spiro atoms. The van der Waals surface area contributed by atoms with Crippen molar-refractivity contribution < 1.29 is 35.6 Å². The summed E-state index contributed by atoms with van der Waals surface area (Å²) in [4.78, 5) is 14.4. The third-order valence-corrected chi connectivity index (χ3v) is 7.90. The van der Waals surface area contributed by atoms with Crippen LogP contribution in [0.5, 0.6) is 5.75 Å². The molecule has 0 saturated carbocycles. The van der Waals surface area contributed by atoms with Gasteiger partial charge in [-0.05, 0) is 78.8 Å². The summed E-state index contributed by atoms with van der Waals surface area (Å²) in [7, 11) is -2.27. The summed E-state index contributed by atoms with van der Waals surface area (Å²) >= 11 is 0. The number of nitrogens with zero attached hydrogens (tertiary/aromatic N) is 1. The van der Waals surface area contributed by atoms with E-state index in [9.17, 15) is 17.6 Å². The highest BCUT2D eigenvalue weighted by molar-refractivity contribution is 7.85. The number of halogens is 2. The molecule has 0 unspecified atom stereocenters. The molecule has 0 N–H and O–H groups in total. The lowest BCUT2D eigenvalue weighted by atomic mass is 9.83. The van der Waals surface area contributed by atoms with Crippen molar-refractivity contribution in [1.82, 2.24) is 4.90 Å². The molecule has 38 heavy (non-hydrogen) atoms. The molecule has 0 aromatic heterocycles. The Morgan fingerprint density at radius 1 is 1.18 bits per heavy atom. The molecular formula is C28H33F2NO6S. The highest BCUT2D eigenvalue weighted by Gasteiger charge is 2.42. The largest absolute Gasteiger partial charge is 0.491 e. The molecule has 4 rings (SSSR count). The molecule has 1 heterocycles. The smallest absolute Gasteiger partial charge is 0.309 e. The maximum Gasteiger partial charge on any atom is 0.309 e. The molecule has 0 radical (unpaired) electrons. The third kappa shape index (κ3) is 5.77. The minimum atomic E-state index is -3.61. The number of rotatable bonds is 9. The van der Waals surface area contributed by atoms with E-state index in [1.54, 1.807) is 26.0 Å². The molecule has 1 aliphatic heterocycles. The number of fused-ring (bicyclic) bond motifs is 2. The SMILES string of the molecule is COC(=O)[C@H](C)CN1[C@H](C)CC2=C(Cc3ccc(F)cc32)[C@H]1c1c(F)ccc(OCCOS(C)(=O)=O)c1C. The van der Waals surface area contributed by atoms with Crippen molar-refractivity contribution in [2.45, 2.75) is 45.7 Å². The molecular weight excluding hydrogens is 516 g/mol. The lowest BCUT2D eigenvalue weighted by molar-refractivity contribution is -0.145. The average molecular weight is 550 g/mol. The van der Waals surface area contributed by atoms with Gasteiger partial charge in [-0.3, -0.25) is 13.9 Å². The summed E-state index contributed by atoms with van der Waals surface area (Å²) in [5.74, 6) is -1.15. The van der Waals surface area contributed by atoms with Crippen LogP contribution in [0.15, 0.2) is 35.9 Å². The zero-order valence-corrected chi connectivity index (χ0v) is 23.0. The van der Waals surface area contributed by atoms with Crippen LogP contribution in [0.1, 0.15) is 48.6 Å². The van der Waals surface area contributed by atoms with Gasteiger partial charge in [0, 0.05) is 18.2 Å². The second-order valence-corrected chi connectivity index (χ2v) is 11.7. The Bertz CT molecular complexity index is 1370. The first-order valence-corrected chi connectivity index (χ1v) is 14.3. The Balaban J connectivity index is 1.77.